The molecule has 0 fully saturated rings. The Morgan fingerprint density at radius 2 is 2.17 bits per heavy atom. The van der Waals surface area contributed by atoms with E-state index in [1.807, 2.05) is 18.2 Å². The highest BCUT2D eigenvalue weighted by atomic mass is 35.5. The van der Waals surface area contributed by atoms with E-state index in [0.29, 0.717) is 17.5 Å². The van der Waals surface area contributed by atoms with E-state index < -0.39 is 0 Å². The first kappa shape index (κ1) is 14.8. The summed E-state index contributed by atoms with van der Waals surface area (Å²) >= 11 is 11.7. The Kier molecular flexibility index (Phi) is 6.55. The van der Waals surface area contributed by atoms with Crippen LogP contribution in [-0.4, -0.2) is 12.6 Å². The number of alkyl halides is 1. The van der Waals surface area contributed by atoms with E-state index in [1.54, 1.807) is 25.1 Å². The lowest BCUT2D eigenvalue weighted by molar-refractivity contribution is -0.137. The summed E-state index contributed by atoms with van der Waals surface area (Å²) in [4.78, 5) is 11.0. The maximum absolute atomic E-state index is 11.0. The van der Waals surface area contributed by atoms with Crippen molar-refractivity contribution in [2.45, 2.75) is 12.8 Å². The number of ether oxygens (including phenoxy) is 1. The molecule has 18 heavy (non-hydrogen) atoms. The van der Waals surface area contributed by atoms with E-state index in [1.165, 1.54) is 6.08 Å². The molecule has 1 aromatic rings. The van der Waals surface area contributed by atoms with Crippen molar-refractivity contribution >= 4 is 35.2 Å². The second-order valence-corrected chi connectivity index (χ2v) is 4.15. The smallest absolute Gasteiger partial charge is 0.330 e. The summed E-state index contributed by atoms with van der Waals surface area (Å²) in [7, 11) is 0. The van der Waals surface area contributed by atoms with Gasteiger partial charge in [0.15, 0.2) is 0 Å². The van der Waals surface area contributed by atoms with Crippen LogP contribution in [0.1, 0.15) is 18.1 Å². The third-order valence-corrected chi connectivity index (χ3v) is 2.68. The van der Waals surface area contributed by atoms with Crippen molar-refractivity contribution in [3.05, 3.63) is 52.6 Å². The molecule has 0 saturated carbocycles. The molecule has 4 heteroatoms. The van der Waals surface area contributed by atoms with Crippen molar-refractivity contribution in [2.24, 2.45) is 0 Å². The lowest BCUT2D eigenvalue weighted by Gasteiger charge is -2.02. The first-order valence-electron chi connectivity index (χ1n) is 5.53. The number of halogens is 2. The van der Waals surface area contributed by atoms with Crippen molar-refractivity contribution in [3.8, 4) is 0 Å². The molecule has 0 spiro atoms. The van der Waals surface area contributed by atoms with Crippen LogP contribution in [0, 0.1) is 0 Å². The number of rotatable bonds is 5. The SMILES string of the molecule is CCOC(=O)C=CC=Cc1cc(Cl)ccc1CCl. The molecule has 0 bridgehead atoms. The Labute approximate surface area is 117 Å². The molecule has 0 atom stereocenters. The molecule has 0 aliphatic rings. The molecule has 2 nitrogen and oxygen atoms in total. The first-order chi connectivity index (χ1) is 8.67. The van der Waals surface area contributed by atoms with Gasteiger partial charge in [-0.2, -0.15) is 0 Å². The van der Waals surface area contributed by atoms with E-state index in [-0.39, 0.29) is 5.97 Å². The van der Waals surface area contributed by atoms with Crippen LogP contribution in [0.2, 0.25) is 5.02 Å². The van der Waals surface area contributed by atoms with Gasteiger partial charge in [-0.3, -0.25) is 0 Å². The van der Waals surface area contributed by atoms with Crippen molar-refractivity contribution in [1.82, 2.24) is 0 Å². The third kappa shape index (κ3) is 4.94. The Balaban J connectivity index is 2.72. The van der Waals surface area contributed by atoms with Crippen molar-refractivity contribution in [1.29, 1.82) is 0 Å². The van der Waals surface area contributed by atoms with Crippen molar-refractivity contribution in [3.63, 3.8) is 0 Å². The van der Waals surface area contributed by atoms with Gasteiger partial charge in [0.2, 0.25) is 0 Å². The van der Waals surface area contributed by atoms with Crippen LogP contribution in [0.4, 0.5) is 0 Å². The summed E-state index contributed by atoms with van der Waals surface area (Å²) in [6.45, 7) is 2.14. The highest BCUT2D eigenvalue weighted by molar-refractivity contribution is 6.30. The number of carbonyl (C=O) groups excluding carboxylic acids is 1. The third-order valence-electron chi connectivity index (χ3n) is 2.16. The van der Waals surface area contributed by atoms with Gasteiger partial charge in [0.25, 0.3) is 0 Å². The van der Waals surface area contributed by atoms with Gasteiger partial charge in [0.05, 0.1) is 6.61 Å². The van der Waals surface area contributed by atoms with Crippen molar-refractivity contribution < 1.29 is 9.53 Å². The van der Waals surface area contributed by atoms with E-state index in [2.05, 4.69) is 0 Å². The summed E-state index contributed by atoms with van der Waals surface area (Å²) in [6, 6.07) is 5.50. The monoisotopic (exact) mass is 284 g/mol. The van der Waals surface area contributed by atoms with Crippen LogP contribution in [0.5, 0.6) is 0 Å². The second kappa shape index (κ2) is 7.96. The number of benzene rings is 1. The minimum absolute atomic E-state index is 0.356. The number of esters is 1. The zero-order valence-corrected chi connectivity index (χ0v) is 11.5. The molecule has 0 N–H and O–H groups in total. The number of allylic oxidation sites excluding steroid dienone is 2. The van der Waals surface area contributed by atoms with E-state index in [9.17, 15) is 4.79 Å². The molecule has 0 saturated heterocycles. The van der Waals surface area contributed by atoms with Crippen LogP contribution in [0.15, 0.2) is 36.4 Å². The van der Waals surface area contributed by atoms with Gasteiger partial charge in [0.1, 0.15) is 0 Å². The zero-order chi connectivity index (χ0) is 13.4. The number of hydrogen-bond acceptors (Lipinski definition) is 2. The van der Waals surface area contributed by atoms with Gasteiger partial charge in [-0.1, -0.05) is 35.9 Å². The fourth-order valence-electron chi connectivity index (χ4n) is 1.33. The zero-order valence-electron chi connectivity index (χ0n) is 10.0. The van der Waals surface area contributed by atoms with Crippen LogP contribution in [-0.2, 0) is 15.4 Å². The second-order valence-electron chi connectivity index (χ2n) is 3.45. The normalized spacial score (nSPS) is 11.3. The molecule has 1 rings (SSSR count). The van der Waals surface area contributed by atoms with Gasteiger partial charge in [0, 0.05) is 17.0 Å². The first-order valence-corrected chi connectivity index (χ1v) is 6.44. The van der Waals surface area contributed by atoms with E-state index in [4.69, 9.17) is 27.9 Å². The Bertz CT molecular complexity index is 465. The van der Waals surface area contributed by atoms with Crippen LogP contribution in [0.25, 0.3) is 6.08 Å². The standard InChI is InChI=1S/C14H14Cl2O2/c1-2-18-14(17)6-4-3-5-11-9-13(16)8-7-12(11)10-15/h3-9H,2,10H2,1H3. The minimum atomic E-state index is -0.356. The molecular weight excluding hydrogens is 271 g/mol. The number of carbonyl (C=O) groups is 1. The van der Waals surface area contributed by atoms with Crippen molar-refractivity contribution in [2.75, 3.05) is 6.61 Å². The quantitative estimate of drug-likeness (QED) is 0.350. The molecule has 0 amide bonds. The fraction of sp³-hybridized carbons (Fsp3) is 0.214. The topological polar surface area (TPSA) is 26.3 Å². The lowest BCUT2D eigenvalue weighted by Crippen LogP contribution is -1.98. The van der Waals surface area contributed by atoms with Gasteiger partial charge < -0.3 is 4.74 Å². The Hall–Kier alpha value is -1.25. The summed E-state index contributed by atoms with van der Waals surface area (Å²) in [5.41, 5.74) is 1.92. The maximum Gasteiger partial charge on any atom is 0.330 e. The highest BCUT2D eigenvalue weighted by Crippen LogP contribution is 2.19. The molecular formula is C14H14Cl2O2. The highest BCUT2D eigenvalue weighted by Gasteiger charge is 1.98. The largest absolute Gasteiger partial charge is 0.463 e. The fourth-order valence-corrected chi connectivity index (χ4v) is 1.75. The molecule has 96 valence electrons. The number of hydrogen-bond donors (Lipinski definition) is 0. The van der Waals surface area contributed by atoms with Crippen LogP contribution in [0.3, 0.4) is 0 Å². The molecule has 0 radical (unpaired) electrons. The average Bonchev–Trinajstić information content (AvgIpc) is 2.35. The molecule has 0 unspecified atom stereocenters. The summed E-state index contributed by atoms with van der Waals surface area (Å²) < 4.78 is 4.76. The van der Waals surface area contributed by atoms with Crippen LogP contribution >= 0.6 is 23.2 Å². The Morgan fingerprint density at radius 3 is 2.83 bits per heavy atom. The minimum Gasteiger partial charge on any atom is -0.463 e. The van der Waals surface area contributed by atoms with Crippen LogP contribution < -0.4 is 0 Å². The van der Waals surface area contributed by atoms with E-state index >= 15 is 0 Å². The van der Waals surface area contributed by atoms with Gasteiger partial charge in [-0.25, -0.2) is 4.79 Å². The lowest BCUT2D eigenvalue weighted by atomic mass is 10.1. The molecule has 0 aromatic heterocycles. The molecule has 0 aliphatic heterocycles. The summed E-state index contributed by atoms with van der Waals surface area (Å²) in [5.74, 6) is 0.0594. The molecule has 0 heterocycles. The average molecular weight is 285 g/mol. The van der Waals surface area contributed by atoms with E-state index in [0.717, 1.165) is 11.1 Å². The predicted molar refractivity (Wildman–Crippen MR) is 75.8 cm³/mol. The molecule has 0 aliphatic carbocycles. The summed E-state index contributed by atoms with van der Waals surface area (Å²) in [5, 5.41) is 0.651. The van der Waals surface area contributed by atoms with Gasteiger partial charge in [-0.05, 0) is 30.2 Å². The van der Waals surface area contributed by atoms with Gasteiger partial charge in [-0.15, -0.1) is 11.6 Å². The molecule has 1 aromatic carbocycles. The maximum atomic E-state index is 11.0. The predicted octanol–water partition coefficient (Wildman–Crippen LogP) is 4.21. The Morgan fingerprint density at radius 1 is 1.39 bits per heavy atom. The van der Waals surface area contributed by atoms with Gasteiger partial charge >= 0.3 is 5.97 Å². The summed E-state index contributed by atoms with van der Waals surface area (Å²) in [6.07, 6.45) is 6.58.